The predicted molar refractivity (Wildman–Crippen MR) is 89.9 cm³/mol. The van der Waals surface area contributed by atoms with Gasteiger partial charge in [-0.2, -0.15) is 0 Å². The quantitative estimate of drug-likeness (QED) is 0.720. The molecule has 3 nitrogen and oxygen atoms in total. The van der Waals surface area contributed by atoms with E-state index in [0.29, 0.717) is 6.42 Å². The molecule has 134 valence electrons. The summed E-state index contributed by atoms with van der Waals surface area (Å²) in [6, 6.07) is 2.88. The van der Waals surface area contributed by atoms with Crippen LogP contribution in [0.4, 0.5) is 8.78 Å². The van der Waals surface area contributed by atoms with Crippen LogP contribution in [0.1, 0.15) is 32.8 Å². The molecule has 2 rings (SSSR count). The molecule has 0 saturated heterocycles. The van der Waals surface area contributed by atoms with Gasteiger partial charge in [0.25, 0.3) is 0 Å². The van der Waals surface area contributed by atoms with Crippen molar-refractivity contribution in [2.45, 2.75) is 44.2 Å². The maximum atomic E-state index is 13.5. The largest absolute Gasteiger partial charge is 0.375 e. The zero-order valence-electron chi connectivity index (χ0n) is 13.8. The molecule has 7 heteroatoms. The fourth-order valence-electron chi connectivity index (χ4n) is 3.08. The van der Waals surface area contributed by atoms with Gasteiger partial charge in [-0.25, -0.2) is 8.78 Å². The van der Waals surface area contributed by atoms with Crippen molar-refractivity contribution in [2.75, 3.05) is 6.61 Å². The Bertz CT molecular complexity index is 627. The van der Waals surface area contributed by atoms with E-state index in [0.717, 1.165) is 18.2 Å². The number of hydrogen-bond donors (Lipinski definition) is 1. The summed E-state index contributed by atoms with van der Waals surface area (Å²) in [5.74, 6) is -1.40. The third-order valence-electron chi connectivity index (χ3n) is 4.77. The molecule has 1 N–H and O–H groups in total. The predicted octanol–water partition coefficient (Wildman–Crippen LogP) is 4.21. The molecule has 0 aromatic heterocycles. The van der Waals surface area contributed by atoms with E-state index in [-0.39, 0.29) is 36.6 Å². The second-order valence-corrected chi connectivity index (χ2v) is 7.68. The Morgan fingerprint density at radius 2 is 2.04 bits per heavy atom. The molecule has 3 atom stereocenters. The third-order valence-corrected chi connectivity index (χ3v) is 6.10. The number of amides is 1. The lowest BCUT2D eigenvalue weighted by atomic mass is 9.99. The fraction of sp³-hybridized carbons (Fsp3) is 0.588. The third kappa shape index (κ3) is 3.39. The van der Waals surface area contributed by atoms with E-state index in [1.165, 1.54) is 0 Å². The van der Waals surface area contributed by atoms with Crippen LogP contribution in [-0.4, -0.2) is 22.9 Å². The zero-order chi connectivity index (χ0) is 18.1. The first-order chi connectivity index (χ1) is 11.2. The first-order valence-electron chi connectivity index (χ1n) is 7.87. The van der Waals surface area contributed by atoms with Crippen molar-refractivity contribution in [3.63, 3.8) is 0 Å². The average Bonchev–Trinajstić information content (AvgIpc) is 2.96. The zero-order valence-corrected chi connectivity index (χ0v) is 15.3. The van der Waals surface area contributed by atoms with Crippen molar-refractivity contribution in [3.8, 4) is 0 Å². The molecule has 1 fully saturated rings. The number of rotatable bonds is 7. The highest BCUT2D eigenvalue weighted by Crippen LogP contribution is 2.70. The highest BCUT2D eigenvalue weighted by Gasteiger charge is 2.76. The Hall–Kier alpha value is -0.910. The minimum absolute atomic E-state index is 0.0753. The van der Waals surface area contributed by atoms with Crippen molar-refractivity contribution < 1.29 is 18.3 Å². The highest BCUT2D eigenvalue weighted by molar-refractivity contribution is 6.53. The Balaban J connectivity index is 1.85. The maximum Gasteiger partial charge on any atom is 0.229 e. The van der Waals surface area contributed by atoms with E-state index in [4.69, 9.17) is 27.9 Å². The number of ether oxygens (including phenoxy) is 1. The number of nitrogens with one attached hydrogen (secondary N) is 1. The number of benzene rings is 1. The van der Waals surface area contributed by atoms with Crippen molar-refractivity contribution in [2.24, 2.45) is 11.3 Å². The van der Waals surface area contributed by atoms with Crippen LogP contribution in [0.5, 0.6) is 0 Å². The molecule has 1 aliphatic carbocycles. The van der Waals surface area contributed by atoms with Crippen LogP contribution in [0.3, 0.4) is 0 Å². The molecule has 0 bridgehead atoms. The molecule has 1 saturated carbocycles. The summed E-state index contributed by atoms with van der Waals surface area (Å²) < 4.78 is 30.9. The van der Waals surface area contributed by atoms with E-state index in [1.54, 1.807) is 6.92 Å². The van der Waals surface area contributed by atoms with Gasteiger partial charge in [-0.3, -0.25) is 4.79 Å². The normalized spacial score (nSPS) is 26.0. The number of hydrogen-bond acceptors (Lipinski definition) is 2. The fourth-order valence-corrected chi connectivity index (χ4v) is 4.11. The highest BCUT2D eigenvalue weighted by atomic mass is 35.5. The molecule has 1 amide bonds. The van der Waals surface area contributed by atoms with Crippen LogP contribution in [0.15, 0.2) is 18.2 Å². The number of carbonyl (C=O) groups excluding carboxylic acids is 1. The molecule has 24 heavy (non-hydrogen) atoms. The van der Waals surface area contributed by atoms with E-state index in [2.05, 4.69) is 5.32 Å². The summed E-state index contributed by atoms with van der Waals surface area (Å²) in [4.78, 5) is 12.5. The Morgan fingerprint density at radius 3 is 2.58 bits per heavy atom. The lowest BCUT2D eigenvalue weighted by Crippen LogP contribution is -2.42. The number of alkyl halides is 2. The van der Waals surface area contributed by atoms with Gasteiger partial charge in [0, 0.05) is 17.5 Å². The van der Waals surface area contributed by atoms with E-state index in [1.807, 2.05) is 13.8 Å². The lowest BCUT2D eigenvalue weighted by Gasteiger charge is -2.20. The van der Waals surface area contributed by atoms with E-state index < -0.39 is 21.4 Å². The molecule has 1 aliphatic rings. The van der Waals surface area contributed by atoms with Crippen molar-refractivity contribution >= 4 is 29.1 Å². The van der Waals surface area contributed by atoms with Crippen LogP contribution >= 0.6 is 23.2 Å². The molecular formula is C17H21Cl2F2NO2. The van der Waals surface area contributed by atoms with E-state index in [9.17, 15) is 13.6 Å². The van der Waals surface area contributed by atoms with Gasteiger partial charge in [0.2, 0.25) is 5.91 Å². The standard InChI is InChI=1S/C17H21Cl2F2NO2/c1-4-16(11(3)17(16,18)19)15(23)22-10(2)8-24-9-12-7-13(20)5-6-14(12)21/h5-7,10-11H,4,8-9H2,1-3H3,(H,22,23)/t10-,11-,16-/m1/s1. The van der Waals surface area contributed by atoms with Gasteiger partial charge in [0.1, 0.15) is 16.0 Å². The SMILES string of the molecule is CC[C@]1(C(=O)N[C@H](C)COCc2cc(F)ccc2F)[C@@H](C)C1(Cl)Cl. The topological polar surface area (TPSA) is 38.3 Å². The first kappa shape index (κ1) is 19.4. The molecular weight excluding hydrogens is 359 g/mol. The Kier molecular flexibility index (Phi) is 5.78. The molecule has 0 aliphatic heterocycles. The van der Waals surface area contributed by atoms with Crippen molar-refractivity contribution in [3.05, 3.63) is 35.4 Å². The van der Waals surface area contributed by atoms with Gasteiger partial charge in [-0.1, -0.05) is 13.8 Å². The van der Waals surface area contributed by atoms with Crippen LogP contribution in [0, 0.1) is 23.0 Å². The first-order valence-corrected chi connectivity index (χ1v) is 8.62. The average molecular weight is 380 g/mol. The van der Waals surface area contributed by atoms with Gasteiger partial charge in [-0.05, 0) is 31.5 Å². The molecule has 1 aromatic carbocycles. The van der Waals surface area contributed by atoms with E-state index >= 15 is 0 Å². The monoisotopic (exact) mass is 379 g/mol. The second kappa shape index (κ2) is 7.14. The summed E-state index contributed by atoms with van der Waals surface area (Å²) in [7, 11) is 0. The second-order valence-electron chi connectivity index (χ2n) is 6.29. The van der Waals surface area contributed by atoms with Crippen LogP contribution in [0.2, 0.25) is 0 Å². The summed E-state index contributed by atoms with van der Waals surface area (Å²) in [6.45, 7) is 5.56. The molecule has 1 aromatic rings. The molecule has 0 radical (unpaired) electrons. The minimum Gasteiger partial charge on any atom is -0.375 e. The van der Waals surface area contributed by atoms with Gasteiger partial charge in [-0.15, -0.1) is 23.2 Å². The molecule has 0 unspecified atom stereocenters. The summed E-state index contributed by atoms with van der Waals surface area (Å²) in [5.41, 5.74) is -0.658. The number of halogens is 4. The minimum atomic E-state index is -1.06. The molecule has 0 heterocycles. The van der Waals surface area contributed by atoms with Gasteiger partial charge in [0.15, 0.2) is 0 Å². The molecule has 0 spiro atoms. The van der Waals surface area contributed by atoms with Gasteiger partial charge >= 0.3 is 0 Å². The summed E-state index contributed by atoms with van der Waals surface area (Å²) in [5, 5.41) is 2.83. The van der Waals surface area contributed by atoms with Crippen LogP contribution in [-0.2, 0) is 16.1 Å². The Labute approximate surface area is 150 Å². The number of carbonyl (C=O) groups is 1. The lowest BCUT2D eigenvalue weighted by molar-refractivity contribution is -0.128. The van der Waals surface area contributed by atoms with Crippen molar-refractivity contribution in [1.29, 1.82) is 0 Å². The van der Waals surface area contributed by atoms with Crippen LogP contribution in [0.25, 0.3) is 0 Å². The smallest absolute Gasteiger partial charge is 0.229 e. The summed E-state index contributed by atoms with van der Waals surface area (Å²) >= 11 is 12.4. The van der Waals surface area contributed by atoms with Crippen molar-refractivity contribution in [1.82, 2.24) is 5.32 Å². The summed E-state index contributed by atoms with van der Waals surface area (Å²) in [6.07, 6.45) is 0.537. The van der Waals surface area contributed by atoms with Crippen LogP contribution < -0.4 is 5.32 Å². The van der Waals surface area contributed by atoms with Gasteiger partial charge < -0.3 is 10.1 Å². The Morgan fingerprint density at radius 1 is 1.42 bits per heavy atom. The maximum absolute atomic E-state index is 13.5. The van der Waals surface area contributed by atoms with Gasteiger partial charge in [0.05, 0.1) is 18.6 Å².